The molecule has 4 bridgehead atoms. The summed E-state index contributed by atoms with van der Waals surface area (Å²) in [5.74, 6) is 1.71. The van der Waals surface area contributed by atoms with Crippen LogP contribution in [0.15, 0.2) is 30.3 Å². The molecular formula is C23H31NO4S. The predicted octanol–water partition coefficient (Wildman–Crippen LogP) is 2.39. The first kappa shape index (κ1) is 19.6. The first-order chi connectivity index (χ1) is 13.8. The Morgan fingerprint density at radius 3 is 2.21 bits per heavy atom. The van der Waals surface area contributed by atoms with Crippen LogP contribution in [0.5, 0.6) is 0 Å². The van der Waals surface area contributed by atoms with Gasteiger partial charge < -0.3 is 10.0 Å². The second kappa shape index (κ2) is 6.81. The summed E-state index contributed by atoms with van der Waals surface area (Å²) < 4.78 is 23.9. The normalized spacial score (nSPS) is 41.1. The molecule has 0 spiro atoms. The van der Waals surface area contributed by atoms with E-state index in [9.17, 15) is 18.3 Å². The number of rotatable bonds is 4. The molecule has 1 aromatic rings. The van der Waals surface area contributed by atoms with Crippen LogP contribution in [0.1, 0.15) is 44.1 Å². The van der Waals surface area contributed by atoms with Gasteiger partial charge in [-0.1, -0.05) is 30.3 Å². The quantitative estimate of drug-likeness (QED) is 0.816. The van der Waals surface area contributed by atoms with Crippen LogP contribution < -0.4 is 0 Å². The van der Waals surface area contributed by atoms with Gasteiger partial charge in [-0.3, -0.25) is 4.79 Å². The number of amides is 1. The minimum atomic E-state index is -3.11. The SMILES string of the molecule is CS(=O)(=O)C1CCN(C(=O)CC2(c3ccccc3)C3CC4CC2CC(C3)C4O)C1. The van der Waals surface area contributed by atoms with E-state index in [-0.39, 0.29) is 17.4 Å². The van der Waals surface area contributed by atoms with Gasteiger partial charge in [0.1, 0.15) is 0 Å². The number of nitrogens with zero attached hydrogens (tertiary/aromatic N) is 1. The molecule has 1 amide bonds. The highest BCUT2D eigenvalue weighted by molar-refractivity contribution is 7.91. The van der Waals surface area contributed by atoms with Crippen molar-refractivity contribution >= 4 is 15.7 Å². The predicted molar refractivity (Wildman–Crippen MR) is 111 cm³/mol. The molecule has 1 unspecified atom stereocenters. The maximum absolute atomic E-state index is 13.4. The number of carbonyl (C=O) groups excluding carboxylic acids is 1. The van der Waals surface area contributed by atoms with E-state index in [0.29, 0.717) is 49.6 Å². The summed E-state index contributed by atoms with van der Waals surface area (Å²) in [6.45, 7) is 0.878. The Balaban J connectivity index is 1.45. The Hall–Kier alpha value is -1.40. The Morgan fingerprint density at radius 1 is 1.10 bits per heavy atom. The van der Waals surface area contributed by atoms with Gasteiger partial charge in [-0.15, -0.1) is 0 Å². The van der Waals surface area contributed by atoms with Crippen molar-refractivity contribution < 1.29 is 18.3 Å². The summed E-state index contributed by atoms with van der Waals surface area (Å²) in [4.78, 5) is 15.2. The lowest BCUT2D eigenvalue weighted by Gasteiger charge is -2.63. The smallest absolute Gasteiger partial charge is 0.223 e. The highest BCUT2D eigenvalue weighted by Gasteiger charge is 2.61. The molecule has 5 fully saturated rings. The van der Waals surface area contributed by atoms with Crippen molar-refractivity contribution in [3.8, 4) is 0 Å². The Morgan fingerprint density at radius 2 is 1.69 bits per heavy atom. The monoisotopic (exact) mass is 417 g/mol. The highest BCUT2D eigenvalue weighted by atomic mass is 32.2. The number of carbonyl (C=O) groups is 1. The van der Waals surface area contributed by atoms with Gasteiger partial charge in [-0.25, -0.2) is 8.42 Å². The van der Waals surface area contributed by atoms with Crippen molar-refractivity contribution in [1.82, 2.24) is 4.90 Å². The molecule has 29 heavy (non-hydrogen) atoms. The van der Waals surface area contributed by atoms with Gasteiger partial charge in [0.2, 0.25) is 5.91 Å². The third kappa shape index (κ3) is 3.05. The Bertz CT molecular complexity index is 867. The molecule has 1 atom stereocenters. The van der Waals surface area contributed by atoms with Crippen LogP contribution in [0.2, 0.25) is 0 Å². The first-order valence-corrected chi connectivity index (χ1v) is 12.9. The summed E-state index contributed by atoms with van der Waals surface area (Å²) in [6.07, 6.45) is 6.14. The first-order valence-electron chi connectivity index (χ1n) is 11.0. The molecule has 1 aromatic carbocycles. The fraction of sp³-hybridized carbons (Fsp3) is 0.696. The number of aliphatic hydroxyl groups is 1. The van der Waals surface area contributed by atoms with Crippen molar-refractivity contribution in [2.45, 2.75) is 55.3 Å². The van der Waals surface area contributed by atoms with E-state index in [2.05, 4.69) is 24.3 Å². The van der Waals surface area contributed by atoms with Crippen LogP contribution in [0.25, 0.3) is 0 Å². The molecule has 4 aliphatic carbocycles. The maximum Gasteiger partial charge on any atom is 0.223 e. The second-order valence-electron chi connectivity index (χ2n) is 10.0. The number of aliphatic hydroxyl groups excluding tert-OH is 1. The van der Waals surface area contributed by atoms with E-state index in [1.807, 2.05) is 6.07 Å². The Labute approximate surface area is 173 Å². The van der Waals surface area contributed by atoms with Gasteiger partial charge in [0.15, 0.2) is 9.84 Å². The fourth-order valence-electron chi connectivity index (χ4n) is 7.24. The van der Waals surface area contributed by atoms with Gasteiger partial charge in [-0.2, -0.15) is 0 Å². The molecule has 5 aliphatic rings. The average Bonchev–Trinajstić information content (AvgIpc) is 3.18. The van der Waals surface area contributed by atoms with Crippen LogP contribution in [-0.2, 0) is 20.0 Å². The molecule has 6 rings (SSSR count). The topological polar surface area (TPSA) is 74.7 Å². The molecule has 1 heterocycles. The van der Waals surface area contributed by atoms with Crippen molar-refractivity contribution in [3.05, 3.63) is 35.9 Å². The van der Waals surface area contributed by atoms with E-state index in [0.717, 1.165) is 25.7 Å². The second-order valence-corrected chi connectivity index (χ2v) is 12.3. The van der Waals surface area contributed by atoms with Crippen molar-refractivity contribution in [2.75, 3.05) is 19.3 Å². The summed E-state index contributed by atoms with van der Waals surface area (Å²) >= 11 is 0. The number of sulfone groups is 1. The number of hydrogen-bond donors (Lipinski definition) is 1. The lowest BCUT2D eigenvalue weighted by atomic mass is 9.42. The van der Waals surface area contributed by atoms with E-state index in [4.69, 9.17) is 0 Å². The summed E-state index contributed by atoms with van der Waals surface area (Å²) in [5.41, 5.74) is 1.09. The van der Waals surface area contributed by atoms with Gasteiger partial charge in [-0.05, 0) is 61.3 Å². The minimum Gasteiger partial charge on any atom is -0.393 e. The van der Waals surface area contributed by atoms with Gasteiger partial charge >= 0.3 is 0 Å². The summed E-state index contributed by atoms with van der Waals surface area (Å²) in [7, 11) is -3.11. The average molecular weight is 418 g/mol. The minimum absolute atomic E-state index is 0.105. The molecule has 0 radical (unpaired) electrons. The molecular weight excluding hydrogens is 386 g/mol. The van der Waals surface area contributed by atoms with E-state index >= 15 is 0 Å². The van der Waals surface area contributed by atoms with Crippen molar-refractivity contribution in [1.29, 1.82) is 0 Å². The molecule has 1 aliphatic heterocycles. The third-order valence-electron chi connectivity index (χ3n) is 8.63. The molecule has 1 N–H and O–H groups in total. The van der Waals surface area contributed by atoms with Gasteiger partial charge in [0.25, 0.3) is 0 Å². The van der Waals surface area contributed by atoms with Crippen LogP contribution in [0, 0.1) is 23.7 Å². The number of likely N-dealkylation sites (tertiary alicyclic amines) is 1. The largest absolute Gasteiger partial charge is 0.393 e. The van der Waals surface area contributed by atoms with E-state index < -0.39 is 15.1 Å². The van der Waals surface area contributed by atoms with Crippen LogP contribution in [0.3, 0.4) is 0 Å². The molecule has 4 saturated carbocycles. The van der Waals surface area contributed by atoms with Gasteiger partial charge in [0, 0.05) is 31.2 Å². The molecule has 5 nitrogen and oxygen atoms in total. The molecule has 6 heteroatoms. The highest BCUT2D eigenvalue weighted by Crippen LogP contribution is 2.64. The third-order valence-corrected chi connectivity index (χ3v) is 10.2. The van der Waals surface area contributed by atoms with Crippen molar-refractivity contribution in [3.63, 3.8) is 0 Å². The molecule has 0 aromatic heterocycles. The summed E-state index contributed by atoms with van der Waals surface area (Å²) in [5, 5.41) is 10.2. The summed E-state index contributed by atoms with van der Waals surface area (Å²) in [6, 6.07) is 10.5. The maximum atomic E-state index is 13.4. The van der Waals surface area contributed by atoms with Crippen molar-refractivity contribution in [2.24, 2.45) is 23.7 Å². The van der Waals surface area contributed by atoms with E-state index in [1.165, 1.54) is 11.8 Å². The molecule has 158 valence electrons. The Kier molecular flexibility index (Phi) is 4.59. The zero-order valence-corrected chi connectivity index (χ0v) is 17.9. The van der Waals surface area contributed by atoms with Gasteiger partial charge in [0.05, 0.1) is 11.4 Å². The fourth-order valence-corrected chi connectivity index (χ4v) is 8.22. The van der Waals surface area contributed by atoms with Crippen LogP contribution in [-0.4, -0.2) is 55.0 Å². The van der Waals surface area contributed by atoms with Crippen LogP contribution >= 0.6 is 0 Å². The zero-order valence-electron chi connectivity index (χ0n) is 17.0. The van der Waals surface area contributed by atoms with Crippen LogP contribution in [0.4, 0.5) is 0 Å². The zero-order chi connectivity index (χ0) is 20.4. The van der Waals surface area contributed by atoms with E-state index in [1.54, 1.807) is 4.90 Å². The lowest BCUT2D eigenvalue weighted by Crippen LogP contribution is -2.61. The lowest BCUT2D eigenvalue weighted by molar-refractivity contribution is -0.152. The molecule has 1 saturated heterocycles. The number of benzene rings is 1. The standard InChI is InChI=1S/C23H31NO4S/c1-29(27,28)20-7-8-24(14-20)21(25)13-23(17-5-3-2-4-6-17)18-9-15-10-19(23)12-16(11-18)22(15)26/h2-6,15-16,18-20,22,26H,7-14H2,1H3. The number of hydrogen-bond acceptors (Lipinski definition) is 4.